The van der Waals surface area contributed by atoms with Gasteiger partial charge < -0.3 is 25.3 Å². The van der Waals surface area contributed by atoms with Crippen molar-refractivity contribution in [3.8, 4) is 18.1 Å². The Morgan fingerprint density at radius 3 is 2.55 bits per heavy atom. The Kier molecular flexibility index (Phi) is 9.47. The number of hydrogen-bond acceptors (Lipinski definition) is 6. The Morgan fingerprint density at radius 1 is 1.21 bits per heavy atom. The lowest BCUT2D eigenvalue weighted by Crippen LogP contribution is -2.58. The maximum absolute atomic E-state index is 13.7. The Balaban J connectivity index is 1.87. The summed E-state index contributed by atoms with van der Waals surface area (Å²) >= 11 is 1.44. The number of carbonyl (C=O) groups is 3. The highest BCUT2D eigenvalue weighted by Crippen LogP contribution is 2.40. The maximum Gasteiger partial charge on any atom is 0.254 e. The van der Waals surface area contributed by atoms with Gasteiger partial charge in [0, 0.05) is 22.9 Å². The molecule has 2 aromatic rings. The fourth-order valence-electron chi connectivity index (χ4n) is 4.54. The van der Waals surface area contributed by atoms with Crippen molar-refractivity contribution in [1.29, 1.82) is 0 Å². The Morgan fingerprint density at radius 2 is 1.89 bits per heavy atom. The number of aliphatic hydroxyl groups is 1. The summed E-state index contributed by atoms with van der Waals surface area (Å²) in [4.78, 5) is 42.9. The molecule has 9 heteroatoms. The molecule has 0 aromatic heterocycles. The number of likely N-dealkylation sites (N-methyl/N-ethyl adjacent to an activating group) is 1. The lowest BCUT2D eigenvalue weighted by atomic mass is 9.96. The largest absolute Gasteiger partial charge is 0.508 e. The molecule has 0 unspecified atom stereocenters. The molecular formula is C29H35N3O5S. The smallest absolute Gasteiger partial charge is 0.254 e. The topological polar surface area (TPSA) is 110 Å². The van der Waals surface area contributed by atoms with Crippen LogP contribution in [0, 0.1) is 19.3 Å². The third-order valence-electron chi connectivity index (χ3n) is 6.85. The molecule has 1 saturated heterocycles. The first-order valence-corrected chi connectivity index (χ1v) is 13.4. The molecule has 1 aliphatic rings. The number of amides is 3. The zero-order valence-corrected chi connectivity index (χ0v) is 23.0. The summed E-state index contributed by atoms with van der Waals surface area (Å²) in [6.45, 7) is 5.47. The fourth-order valence-corrected chi connectivity index (χ4v) is 5.68. The lowest BCUT2D eigenvalue weighted by molar-refractivity contribution is -0.150. The van der Waals surface area contributed by atoms with Crippen LogP contribution >= 0.6 is 11.8 Å². The van der Waals surface area contributed by atoms with E-state index in [2.05, 4.69) is 11.2 Å². The molecule has 1 fully saturated rings. The van der Waals surface area contributed by atoms with Gasteiger partial charge in [0.25, 0.3) is 11.8 Å². The van der Waals surface area contributed by atoms with E-state index in [1.165, 1.54) is 27.6 Å². The van der Waals surface area contributed by atoms with Crippen LogP contribution in [0.25, 0.3) is 0 Å². The van der Waals surface area contributed by atoms with E-state index >= 15 is 0 Å². The predicted octanol–water partition coefficient (Wildman–Crippen LogP) is 2.56. The van der Waals surface area contributed by atoms with Crippen molar-refractivity contribution in [1.82, 2.24) is 15.1 Å². The zero-order valence-electron chi connectivity index (χ0n) is 22.2. The standard InChI is InChI=1S/C29H35N3O5S/c1-6-17-31(5)28(37)25-29(3,4)38-18-32(25)27(36)24(34)22(16-15-20-11-8-7-9-12-20)30-26(35)21-13-10-14-23(33)19(21)2/h1,7-14,22,24-25,33-34H,15-18H2,2-5H3,(H,30,35)/t22-,24-,25+/m0/s1. The first kappa shape index (κ1) is 29.1. The van der Waals surface area contributed by atoms with Gasteiger partial charge in [-0.1, -0.05) is 42.3 Å². The zero-order chi connectivity index (χ0) is 28.0. The van der Waals surface area contributed by atoms with Gasteiger partial charge in [-0.2, -0.15) is 0 Å². The van der Waals surface area contributed by atoms with Crippen LogP contribution in [0.3, 0.4) is 0 Å². The van der Waals surface area contributed by atoms with Gasteiger partial charge in [0.05, 0.1) is 18.5 Å². The number of rotatable bonds is 9. The minimum absolute atomic E-state index is 0.0242. The lowest BCUT2D eigenvalue weighted by Gasteiger charge is -2.35. The van der Waals surface area contributed by atoms with Crippen LogP contribution in [0.5, 0.6) is 5.75 Å². The van der Waals surface area contributed by atoms with Gasteiger partial charge in [-0.05, 0) is 51.3 Å². The molecule has 2 aromatic carbocycles. The third kappa shape index (κ3) is 6.50. The maximum atomic E-state index is 13.7. The van der Waals surface area contributed by atoms with Crippen LogP contribution in [0.2, 0.25) is 0 Å². The number of nitrogens with zero attached hydrogens (tertiary/aromatic N) is 2. The van der Waals surface area contributed by atoms with E-state index < -0.39 is 34.7 Å². The molecule has 0 aliphatic carbocycles. The first-order chi connectivity index (χ1) is 18.0. The van der Waals surface area contributed by atoms with Crippen molar-refractivity contribution in [2.24, 2.45) is 0 Å². The average Bonchev–Trinajstić information content (AvgIpc) is 3.21. The number of phenolic OH excluding ortho intramolecular Hbond substituents is 1. The molecule has 202 valence electrons. The number of aryl methyl sites for hydroxylation is 1. The Bertz CT molecular complexity index is 1210. The Labute approximate surface area is 228 Å². The molecule has 3 rings (SSSR count). The molecule has 0 saturated carbocycles. The molecule has 8 nitrogen and oxygen atoms in total. The summed E-state index contributed by atoms with van der Waals surface area (Å²) in [6, 6.07) is 12.4. The van der Waals surface area contributed by atoms with Gasteiger partial charge in [-0.15, -0.1) is 18.2 Å². The van der Waals surface area contributed by atoms with E-state index in [4.69, 9.17) is 6.42 Å². The van der Waals surface area contributed by atoms with Crippen LogP contribution in [0.1, 0.15) is 41.8 Å². The van der Waals surface area contributed by atoms with Crippen molar-refractivity contribution in [3.05, 3.63) is 65.2 Å². The second-order valence-corrected chi connectivity index (χ2v) is 11.6. The SMILES string of the molecule is C#CCN(C)C(=O)[C@H]1N(C(=O)[C@@H](O)[C@H](CCc2ccccc2)NC(=O)c2cccc(O)c2C)CSC1(C)C. The highest BCUT2D eigenvalue weighted by molar-refractivity contribution is 8.00. The summed E-state index contributed by atoms with van der Waals surface area (Å²) in [7, 11) is 1.58. The van der Waals surface area contributed by atoms with Gasteiger partial charge in [-0.25, -0.2) is 0 Å². The van der Waals surface area contributed by atoms with E-state index in [-0.39, 0.29) is 36.1 Å². The van der Waals surface area contributed by atoms with Crippen LogP contribution < -0.4 is 5.32 Å². The number of nitrogens with one attached hydrogen (secondary N) is 1. The van der Waals surface area contributed by atoms with Crippen molar-refractivity contribution in [2.45, 2.75) is 56.5 Å². The van der Waals surface area contributed by atoms with E-state index in [0.29, 0.717) is 12.0 Å². The number of thioether (sulfide) groups is 1. The van der Waals surface area contributed by atoms with Gasteiger partial charge in [-0.3, -0.25) is 14.4 Å². The highest BCUT2D eigenvalue weighted by Gasteiger charge is 2.50. The van der Waals surface area contributed by atoms with Gasteiger partial charge >= 0.3 is 0 Å². The minimum Gasteiger partial charge on any atom is -0.508 e. The molecule has 0 radical (unpaired) electrons. The summed E-state index contributed by atoms with van der Waals surface area (Å²) < 4.78 is -0.600. The molecule has 3 N–H and O–H groups in total. The van der Waals surface area contributed by atoms with E-state index in [1.54, 1.807) is 26.1 Å². The molecule has 0 spiro atoms. The second-order valence-electron chi connectivity index (χ2n) is 9.98. The first-order valence-electron chi connectivity index (χ1n) is 12.4. The van der Waals surface area contributed by atoms with E-state index in [1.807, 2.05) is 44.2 Å². The number of carbonyl (C=O) groups excluding carboxylic acids is 3. The highest BCUT2D eigenvalue weighted by atomic mass is 32.2. The molecule has 3 amide bonds. The second kappa shape index (κ2) is 12.4. The van der Waals surface area contributed by atoms with E-state index in [9.17, 15) is 24.6 Å². The van der Waals surface area contributed by atoms with E-state index in [0.717, 1.165) is 5.56 Å². The van der Waals surface area contributed by atoms with Gasteiger partial charge in [0.1, 0.15) is 11.8 Å². The van der Waals surface area contributed by atoms with Crippen LogP contribution in [-0.2, 0) is 16.0 Å². The fraction of sp³-hybridized carbons (Fsp3) is 0.414. The quantitative estimate of drug-likeness (QED) is 0.424. The van der Waals surface area contributed by atoms with Gasteiger partial charge in [0.15, 0.2) is 6.10 Å². The monoisotopic (exact) mass is 537 g/mol. The molecule has 1 aliphatic heterocycles. The summed E-state index contributed by atoms with van der Waals surface area (Å²) in [5.74, 6) is 1.18. The van der Waals surface area contributed by atoms with Crippen molar-refractivity contribution >= 4 is 29.5 Å². The average molecular weight is 538 g/mol. The number of aromatic hydroxyl groups is 1. The normalized spacial score (nSPS) is 17.8. The van der Waals surface area contributed by atoms with Crippen LogP contribution in [-0.4, -0.2) is 80.1 Å². The molecule has 38 heavy (non-hydrogen) atoms. The molecule has 0 bridgehead atoms. The number of phenols is 1. The van der Waals surface area contributed by atoms with Gasteiger partial charge in [0.2, 0.25) is 5.91 Å². The minimum atomic E-state index is -1.59. The molecule has 3 atom stereocenters. The number of terminal acetylenes is 1. The van der Waals surface area contributed by atoms with Crippen LogP contribution in [0.15, 0.2) is 48.5 Å². The number of hydrogen-bond donors (Lipinski definition) is 3. The molecular weight excluding hydrogens is 502 g/mol. The number of aliphatic hydroxyl groups excluding tert-OH is 1. The van der Waals surface area contributed by atoms with Crippen molar-refractivity contribution in [3.63, 3.8) is 0 Å². The van der Waals surface area contributed by atoms with Crippen molar-refractivity contribution in [2.75, 3.05) is 19.5 Å². The van der Waals surface area contributed by atoms with Crippen molar-refractivity contribution < 1.29 is 24.6 Å². The summed E-state index contributed by atoms with van der Waals surface area (Å²) in [5, 5.41) is 24.2. The summed E-state index contributed by atoms with van der Waals surface area (Å²) in [6.07, 6.45) is 4.57. The predicted molar refractivity (Wildman–Crippen MR) is 149 cm³/mol. The Hall–Kier alpha value is -3.48. The molecule has 1 heterocycles. The van der Waals surface area contributed by atoms with Crippen LogP contribution in [0.4, 0.5) is 0 Å². The summed E-state index contributed by atoms with van der Waals surface area (Å²) in [5.41, 5.74) is 1.63. The third-order valence-corrected chi connectivity index (χ3v) is 8.23. The number of benzene rings is 2.